The maximum atomic E-state index is 5.42. The highest BCUT2D eigenvalue weighted by molar-refractivity contribution is 5.58. The zero-order valence-electron chi connectivity index (χ0n) is 10.8. The van der Waals surface area contributed by atoms with Crippen molar-refractivity contribution in [1.29, 1.82) is 0 Å². The third-order valence-electron chi connectivity index (χ3n) is 3.41. The Bertz CT molecular complexity index is 346. The third-order valence-corrected chi connectivity index (χ3v) is 3.41. The second kappa shape index (κ2) is 5.92. The van der Waals surface area contributed by atoms with Gasteiger partial charge in [0.2, 0.25) is 0 Å². The van der Waals surface area contributed by atoms with Crippen LogP contribution in [-0.4, -0.2) is 32.8 Å². The van der Waals surface area contributed by atoms with Crippen molar-refractivity contribution in [1.82, 2.24) is 5.32 Å². The molecule has 1 aromatic carbocycles. The van der Waals surface area contributed by atoms with Gasteiger partial charge in [0.15, 0.2) is 0 Å². The maximum Gasteiger partial charge on any atom is 0.142 e. The summed E-state index contributed by atoms with van der Waals surface area (Å²) >= 11 is 0. The normalized spacial score (nSPS) is 17.2. The fourth-order valence-corrected chi connectivity index (χ4v) is 2.50. The lowest BCUT2D eigenvalue weighted by molar-refractivity contribution is 0.401. The van der Waals surface area contributed by atoms with E-state index in [2.05, 4.69) is 29.3 Å². The number of hydrogen-bond acceptors (Lipinski definition) is 3. The van der Waals surface area contributed by atoms with Gasteiger partial charge < -0.3 is 15.0 Å². The first-order valence-corrected chi connectivity index (χ1v) is 6.46. The molecule has 0 bridgehead atoms. The van der Waals surface area contributed by atoms with Gasteiger partial charge >= 0.3 is 0 Å². The molecule has 1 aliphatic rings. The Labute approximate surface area is 104 Å². The first kappa shape index (κ1) is 12.2. The number of rotatable bonds is 4. The largest absolute Gasteiger partial charge is 0.495 e. The summed E-state index contributed by atoms with van der Waals surface area (Å²) in [5, 5.41) is 3.53. The summed E-state index contributed by atoms with van der Waals surface area (Å²) in [4.78, 5) is 2.42. The fourth-order valence-electron chi connectivity index (χ4n) is 2.50. The molecule has 1 saturated heterocycles. The summed E-state index contributed by atoms with van der Waals surface area (Å²) in [5.41, 5.74) is 1.23. The minimum absolute atomic E-state index is 0.686. The van der Waals surface area contributed by atoms with E-state index in [1.54, 1.807) is 7.11 Å². The molecular formula is C14H22N2O. The van der Waals surface area contributed by atoms with Gasteiger partial charge in [-0.1, -0.05) is 19.1 Å². The number of anilines is 1. The molecule has 0 aliphatic carbocycles. The number of benzene rings is 1. The SMILES string of the molecule is CCNC1CCN(c2ccccc2OC)CC1. The van der Waals surface area contributed by atoms with Gasteiger partial charge in [-0.25, -0.2) is 0 Å². The van der Waals surface area contributed by atoms with Crippen molar-refractivity contribution in [3.8, 4) is 5.75 Å². The van der Waals surface area contributed by atoms with Crippen LogP contribution in [0, 0.1) is 0 Å². The van der Waals surface area contributed by atoms with Crippen LogP contribution in [0.25, 0.3) is 0 Å². The lowest BCUT2D eigenvalue weighted by Gasteiger charge is -2.34. The smallest absolute Gasteiger partial charge is 0.142 e. The summed E-state index contributed by atoms with van der Waals surface area (Å²) in [6, 6.07) is 8.96. The third kappa shape index (κ3) is 2.91. The van der Waals surface area contributed by atoms with Gasteiger partial charge in [-0.15, -0.1) is 0 Å². The van der Waals surface area contributed by atoms with E-state index in [0.29, 0.717) is 6.04 Å². The van der Waals surface area contributed by atoms with Gasteiger partial charge in [0.05, 0.1) is 12.8 Å². The van der Waals surface area contributed by atoms with Crippen molar-refractivity contribution in [2.24, 2.45) is 0 Å². The van der Waals surface area contributed by atoms with E-state index in [0.717, 1.165) is 25.4 Å². The first-order valence-electron chi connectivity index (χ1n) is 6.46. The van der Waals surface area contributed by atoms with E-state index in [4.69, 9.17) is 4.74 Å². The summed E-state index contributed by atoms with van der Waals surface area (Å²) in [7, 11) is 1.74. The minimum Gasteiger partial charge on any atom is -0.495 e. The van der Waals surface area contributed by atoms with Crippen molar-refractivity contribution in [3.05, 3.63) is 24.3 Å². The molecule has 0 radical (unpaired) electrons. The van der Waals surface area contributed by atoms with Crippen LogP contribution in [-0.2, 0) is 0 Å². The maximum absolute atomic E-state index is 5.42. The molecule has 94 valence electrons. The van der Waals surface area contributed by atoms with E-state index in [1.165, 1.54) is 18.5 Å². The average Bonchev–Trinajstić information content (AvgIpc) is 2.40. The molecule has 1 fully saturated rings. The first-order chi connectivity index (χ1) is 8.35. The van der Waals surface area contributed by atoms with Gasteiger partial charge in [0.1, 0.15) is 5.75 Å². The van der Waals surface area contributed by atoms with Gasteiger partial charge in [0.25, 0.3) is 0 Å². The van der Waals surface area contributed by atoms with E-state index in [1.807, 2.05) is 12.1 Å². The van der Waals surface area contributed by atoms with Crippen LogP contribution in [0.3, 0.4) is 0 Å². The lowest BCUT2D eigenvalue weighted by Crippen LogP contribution is -2.42. The second-order valence-corrected chi connectivity index (χ2v) is 4.49. The van der Waals surface area contributed by atoms with Crippen LogP contribution in [0.15, 0.2) is 24.3 Å². The molecule has 3 nitrogen and oxygen atoms in total. The number of nitrogens with one attached hydrogen (secondary N) is 1. The predicted molar refractivity (Wildman–Crippen MR) is 71.9 cm³/mol. The van der Waals surface area contributed by atoms with Crippen LogP contribution in [0.4, 0.5) is 5.69 Å². The molecule has 17 heavy (non-hydrogen) atoms. The number of ether oxygens (including phenoxy) is 1. The van der Waals surface area contributed by atoms with Crippen molar-refractivity contribution >= 4 is 5.69 Å². The van der Waals surface area contributed by atoms with Crippen molar-refractivity contribution in [2.75, 3.05) is 31.6 Å². The van der Waals surface area contributed by atoms with Crippen molar-refractivity contribution < 1.29 is 4.74 Å². The molecule has 1 heterocycles. The van der Waals surface area contributed by atoms with Gasteiger partial charge in [-0.3, -0.25) is 0 Å². The number of methoxy groups -OCH3 is 1. The molecule has 0 amide bonds. The molecule has 1 aromatic rings. The fraction of sp³-hybridized carbons (Fsp3) is 0.571. The Morgan fingerprint density at radius 3 is 2.65 bits per heavy atom. The monoisotopic (exact) mass is 234 g/mol. The zero-order valence-corrected chi connectivity index (χ0v) is 10.8. The van der Waals surface area contributed by atoms with Crippen LogP contribution in [0.5, 0.6) is 5.75 Å². The number of nitrogens with zero attached hydrogens (tertiary/aromatic N) is 1. The predicted octanol–water partition coefficient (Wildman–Crippen LogP) is 2.27. The highest BCUT2D eigenvalue weighted by Crippen LogP contribution is 2.29. The van der Waals surface area contributed by atoms with Gasteiger partial charge in [-0.2, -0.15) is 0 Å². The van der Waals surface area contributed by atoms with Crippen molar-refractivity contribution in [3.63, 3.8) is 0 Å². The van der Waals surface area contributed by atoms with E-state index < -0.39 is 0 Å². The van der Waals surface area contributed by atoms with Gasteiger partial charge in [0, 0.05) is 19.1 Å². The van der Waals surface area contributed by atoms with Gasteiger partial charge in [-0.05, 0) is 31.5 Å². The van der Waals surface area contributed by atoms with E-state index in [-0.39, 0.29) is 0 Å². The van der Waals surface area contributed by atoms with E-state index >= 15 is 0 Å². The Morgan fingerprint density at radius 1 is 1.29 bits per heavy atom. The molecular weight excluding hydrogens is 212 g/mol. The molecule has 1 N–H and O–H groups in total. The standard InChI is InChI=1S/C14H22N2O/c1-3-15-12-8-10-16(11-9-12)13-6-4-5-7-14(13)17-2/h4-7,12,15H,3,8-11H2,1-2H3. The highest BCUT2D eigenvalue weighted by atomic mass is 16.5. The Balaban J connectivity index is 2.00. The van der Waals surface area contributed by atoms with Crippen LogP contribution < -0.4 is 15.0 Å². The topological polar surface area (TPSA) is 24.5 Å². The number of hydrogen-bond donors (Lipinski definition) is 1. The molecule has 0 atom stereocenters. The quantitative estimate of drug-likeness (QED) is 0.865. The van der Waals surface area contributed by atoms with Crippen LogP contribution in [0.1, 0.15) is 19.8 Å². The molecule has 1 aliphatic heterocycles. The molecule has 0 spiro atoms. The van der Waals surface area contributed by atoms with E-state index in [9.17, 15) is 0 Å². The molecule has 0 aromatic heterocycles. The molecule has 2 rings (SSSR count). The highest BCUT2D eigenvalue weighted by Gasteiger charge is 2.20. The number of piperidine rings is 1. The summed E-state index contributed by atoms with van der Waals surface area (Å²) in [6.07, 6.45) is 2.43. The van der Waals surface area contributed by atoms with Crippen LogP contribution >= 0.6 is 0 Å². The average molecular weight is 234 g/mol. The van der Waals surface area contributed by atoms with Crippen molar-refractivity contribution in [2.45, 2.75) is 25.8 Å². The molecule has 0 unspecified atom stereocenters. The number of para-hydroxylation sites is 2. The molecule has 0 saturated carbocycles. The summed E-state index contributed by atoms with van der Waals surface area (Å²) in [6.45, 7) is 5.46. The summed E-state index contributed by atoms with van der Waals surface area (Å²) < 4.78 is 5.42. The second-order valence-electron chi connectivity index (χ2n) is 4.49. The lowest BCUT2D eigenvalue weighted by atomic mass is 10.0. The molecule has 3 heteroatoms. The Kier molecular flexibility index (Phi) is 4.26. The Morgan fingerprint density at radius 2 is 2.00 bits per heavy atom. The van der Waals surface area contributed by atoms with Crippen LogP contribution in [0.2, 0.25) is 0 Å². The zero-order chi connectivity index (χ0) is 12.1. The Hall–Kier alpha value is -1.22. The summed E-state index contributed by atoms with van der Waals surface area (Å²) in [5.74, 6) is 0.981. The minimum atomic E-state index is 0.686.